The maximum atomic E-state index is 11.3. The number of carbonyl (C=O) groups is 1. The molecular formula is C15H22N2O2. The predicted molar refractivity (Wildman–Crippen MR) is 77.7 cm³/mol. The van der Waals surface area contributed by atoms with Crippen LogP contribution in [-0.4, -0.2) is 24.2 Å². The van der Waals surface area contributed by atoms with Gasteiger partial charge in [0, 0.05) is 13.1 Å². The number of nitrogens with two attached hydrogens (primary N) is 1. The molecule has 4 heteroatoms. The molecule has 1 aromatic carbocycles. The van der Waals surface area contributed by atoms with Crippen molar-refractivity contribution in [1.82, 2.24) is 0 Å². The maximum absolute atomic E-state index is 11.3. The number of nitrogen functional groups attached to an aromatic ring is 1. The summed E-state index contributed by atoms with van der Waals surface area (Å²) in [6.45, 7) is 0. The highest BCUT2D eigenvalue weighted by atomic mass is 16.4. The summed E-state index contributed by atoms with van der Waals surface area (Å²) in [5, 5.41) is 9.31. The van der Waals surface area contributed by atoms with Gasteiger partial charge in [0.25, 0.3) is 0 Å². The maximum Gasteiger partial charge on any atom is 0.337 e. The van der Waals surface area contributed by atoms with Crippen molar-refractivity contribution >= 4 is 17.3 Å². The van der Waals surface area contributed by atoms with Crippen LogP contribution in [0, 0.1) is 0 Å². The topological polar surface area (TPSA) is 66.6 Å². The van der Waals surface area contributed by atoms with Crippen LogP contribution in [0.2, 0.25) is 0 Å². The molecule has 3 N–H and O–H groups in total. The Hall–Kier alpha value is -1.71. The Bertz CT molecular complexity index is 451. The summed E-state index contributed by atoms with van der Waals surface area (Å²) < 4.78 is 0. The lowest BCUT2D eigenvalue weighted by Crippen LogP contribution is -2.33. The van der Waals surface area contributed by atoms with Crippen molar-refractivity contribution < 1.29 is 9.90 Å². The molecule has 0 atom stereocenters. The molecule has 19 heavy (non-hydrogen) atoms. The monoisotopic (exact) mass is 262 g/mol. The quantitative estimate of drug-likeness (QED) is 0.648. The lowest BCUT2D eigenvalue weighted by Gasteiger charge is -2.31. The number of carboxylic acid groups (broad SMARTS) is 1. The number of hydrogen-bond acceptors (Lipinski definition) is 3. The standard InChI is InChI=1S/C15H22N2O2/c1-17(11-7-4-2-3-5-8-11)14-12(15(18)19)9-6-10-13(14)16/h6,9-11H,2-5,7-8,16H2,1H3,(H,18,19). The fourth-order valence-electron chi connectivity index (χ4n) is 2.96. The zero-order chi connectivity index (χ0) is 13.8. The zero-order valence-corrected chi connectivity index (χ0v) is 11.4. The van der Waals surface area contributed by atoms with Crippen LogP contribution in [0.5, 0.6) is 0 Å². The molecule has 0 heterocycles. The van der Waals surface area contributed by atoms with E-state index in [1.165, 1.54) is 25.7 Å². The summed E-state index contributed by atoms with van der Waals surface area (Å²) in [6, 6.07) is 5.49. The van der Waals surface area contributed by atoms with Crippen molar-refractivity contribution in [2.75, 3.05) is 17.7 Å². The highest BCUT2D eigenvalue weighted by molar-refractivity contribution is 5.98. The normalized spacial score (nSPS) is 16.9. The number of carboxylic acids is 1. The lowest BCUT2D eigenvalue weighted by atomic mass is 10.0. The van der Waals surface area contributed by atoms with Crippen molar-refractivity contribution in [3.05, 3.63) is 23.8 Å². The Balaban J connectivity index is 2.31. The van der Waals surface area contributed by atoms with Gasteiger partial charge in [-0.2, -0.15) is 0 Å². The van der Waals surface area contributed by atoms with Crippen molar-refractivity contribution in [1.29, 1.82) is 0 Å². The number of nitrogens with zero attached hydrogens (tertiary/aromatic N) is 1. The Morgan fingerprint density at radius 2 is 1.89 bits per heavy atom. The summed E-state index contributed by atoms with van der Waals surface area (Å²) >= 11 is 0. The zero-order valence-electron chi connectivity index (χ0n) is 11.4. The molecule has 0 bridgehead atoms. The molecule has 1 aliphatic carbocycles. The van der Waals surface area contributed by atoms with Gasteiger partial charge in [-0.3, -0.25) is 0 Å². The first-order chi connectivity index (χ1) is 9.11. The van der Waals surface area contributed by atoms with E-state index >= 15 is 0 Å². The van der Waals surface area contributed by atoms with Crippen LogP contribution in [-0.2, 0) is 0 Å². The number of hydrogen-bond donors (Lipinski definition) is 2. The molecule has 0 aromatic heterocycles. The SMILES string of the molecule is CN(c1c(N)cccc1C(=O)O)C1CCCCCC1. The summed E-state index contributed by atoms with van der Waals surface area (Å²) in [6.07, 6.45) is 7.21. The average molecular weight is 262 g/mol. The third kappa shape index (κ3) is 3.00. The molecular weight excluding hydrogens is 240 g/mol. The van der Waals surface area contributed by atoms with Crippen molar-refractivity contribution in [3.8, 4) is 0 Å². The molecule has 104 valence electrons. The Kier molecular flexibility index (Phi) is 4.30. The molecule has 1 aliphatic rings. The Morgan fingerprint density at radius 1 is 1.26 bits per heavy atom. The minimum atomic E-state index is -0.914. The van der Waals surface area contributed by atoms with Crippen LogP contribution in [0.4, 0.5) is 11.4 Å². The van der Waals surface area contributed by atoms with Gasteiger partial charge in [-0.1, -0.05) is 31.7 Å². The summed E-state index contributed by atoms with van der Waals surface area (Å²) in [7, 11) is 1.97. The van der Waals surface area contributed by atoms with E-state index in [9.17, 15) is 9.90 Å². The minimum absolute atomic E-state index is 0.298. The molecule has 1 fully saturated rings. The molecule has 0 aliphatic heterocycles. The number of para-hydroxylation sites is 1. The third-order valence-electron chi connectivity index (χ3n) is 4.02. The van der Waals surface area contributed by atoms with E-state index in [1.807, 2.05) is 7.05 Å². The number of benzene rings is 1. The van der Waals surface area contributed by atoms with E-state index in [-0.39, 0.29) is 0 Å². The number of aromatic carboxylic acids is 1. The van der Waals surface area contributed by atoms with Crippen molar-refractivity contribution in [2.24, 2.45) is 0 Å². The molecule has 0 amide bonds. The number of rotatable bonds is 3. The van der Waals surface area contributed by atoms with Gasteiger partial charge >= 0.3 is 5.97 Å². The van der Waals surface area contributed by atoms with Gasteiger partial charge in [0.1, 0.15) is 0 Å². The Labute approximate surface area is 114 Å². The highest BCUT2D eigenvalue weighted by Gasteiger charge is 2.23. The molecule has 4 nitrogen and oxygen atoms in total. The lowest BCUT2D eigenvalue weighted by molar-refractivity contribution is 0.0697. The molecule has 1 aromatic rings. The summed E-state index contributed by atoms with van der Waals surface area (Å²) in [5.41, 5.74) is 7.51. The second-order valence-corrected chi connectivity index (χ2v) is 5.30. The van der Waals surface area contributed by atoms with Crippen LogP contribution in [0.25, 0.3) is 0 Å². The van der Waals surface area contributed by atoms with E-state index < -0.39 is 5.97 Å². The van der Waals surface area contributed by atoms with Gasteiger partial charge in [-0.15, -0.1) is 0 Å². The first-order valence-corrected chi connectivity index (χ1v) is 6.96. The first kappa shape index (κ1) is 13.7. The van der Waals surface area contributed by atoms with Crippen LogP contribution in [0.1, 0.15) is 48.9 Å². The molecule has 0 unspecified atom stereocenters. The summed E-state index contributed by atoms with van der Waals surface area (Å²) in [4.78, 5) is 13.4. The predicted octanol–water partition coefficient (Wildman–Crippen LogP) is 3.13. The molecule has 0 radical (unpaired) electrons. The van der Waals surface area contributed by atoms with Gasteiger partial charge in [-0.25, -0.2) is 4.79 Å². The minimum Gasteiger partial charge on any atom is -0.478 e. The van der Waals surface area contributed by atoms with Gasteiger partial charge in [-0.05, 0) is 25.0 Å². The molecule has 1 saturated carbocycles. The summed E-state index contributed by atoms with van der Waals surface area (Å²) in [5.74, 6) is -0.914. The second-order valence-electron chi connectivity index (χ2n) is 5.30. The smallest absolute Gasteiger partial charge is 0.337 e. The van der Waals surface area contributed by atoms with Gasteiger partial charge in [0.15, 0.2) is 0 Å². The largest absolute Gasteiger partial charge is 0.478 e. The van der Waals surface area contributed by atoms with E-state index in [0.717, 1.165) is 12.8 Å². The van der Waals surface area contributed by atoms with Gasteiger partial charge in [0.05, 0.1) is 16.9 Å². The van der Waals surface area contributed by atoms with Crippen LogP contribution in [0.3, 0.4) is 0 Å². The highest BCUT2D eigenvalue weighted by Crippen LogP contribution is 2.32. The third-order valence-corrected chi connectivity index (χ3v) is 4.02. The van der Waals surface area contributed by atoms with Crippen LogP contribution in [0.15, 0.2) is 18.2 Å². The fourth-order valence-corrected chi connectivity index (χ4v) is 2.96. The second kappa shape index (κ2) is 5.95. The number of anilines is 2. The van der Waals surface area contributed by atoms with E-state index in [1.54, 1.807) is 18.2 Å². The van der Waals surface area contributed by atoms with Crippen molar-refractivity contribution in [2.45, 2.75) is 44.6 Å². The van der Waals surface area contributed by atoms with E-state index in [4.69, 9.17) is 5.73 Å². The van der Waals surface area contributed by atoms with Crippen molar-refractivity contribution in [3.63, 3.8) is 0 Å². The van der Waals surface area contributed by atoms with Crippen LogP contribution >= 0.6 is 0 Å². The van der Waals surface area contributed by atoms with Crippen LogP contribution < -0.4 is 10.6 Å². The molecule has 0 saturated heterocycles. The van der Waals surface area contributed by atoms with E-state index in [2.05, 4.69) is 4.90 Å². The van der Waals surface area contributed by atoms with Gasteiger partial charge in [0.2, 0.25) is 0 Å². The van der Waals surface area contributed by atoms with E-state index in [0.29, 0.717) is 23.0 Å². The fraction of sp³-hybridized carbons (Fsp3) is 0.533. The molecule has 0 spiro atoms. The molecule has 2 rings (SSSR count). The average Bonchev–Trinajstić information content (AvgIpc) is 2.66. The Morgan fingerprint density at radius 3 is 2.47 bits per heavy atom. The first-order valence-electron chi connectivity index (χ1n) is 6.96. The van der Waals surface area contributed by atoms with Gasteiger partial charge < -0.3 is 15.7 Å².